The molecule has 7 heteroatoms. The lowest BCUT2D eigenvalue weighted by Gasteiger charge is -2.39. The summed E-state index contributed by atoms with van der Waals surface area (Å²) >= 11 is 0. The second kappa shape index (κ2) is 7.86. The Labute approximate surface area is 171 Å². The van der Waals surface area contributed by atoms with Crippen LogP contribution in [0.4, 0.5) is 0 Å². The highest BCUT2D eigenvalue weighted by Gasteiger charge is 2.42. The van der Waals surface area contributed by atoms with Crippen molar-refractivity contribution in [3.63, 3.8) is 0 Å². The number of rotatable bonds is 5. The zero-order valence-electron chi connectivity index (χ0n) is 17.1. The molecule has 3 fully saturated rings. The van der Waals surface area contributed by atoms with Crippen LogP contribution in [0.3, 0.4) is 0 Å². The molecule has 2 aliphatic heterocycles. The molecule has 154 valence electrons. The number of nitrogens with zero attached hydrogens (tertiary/aromatic N) is 5. The molecule has 5 rings (SSSR count). The summed E-state index contributed by atoms with van der Waals surface area (Å²) in [7, 11) is 0. The molecule has 1 amide bonds. The molecule has 0 radical (unpaired) electrons. The summed E-state index contributed by atoms with van der Waals surface area (Å²) in [5.74, 6) is 1.06. The van der Waals surface area contributed by atoms with E-state index in [1.807, 2.05) is 31.2 Å². The molecule has 2 atom stereocenters. The highest BCUT2D eigenvalue weighted by atomic mass is 16.1. The zero-order valence-corrected chi connectivity index (χ0v) is 17.1. The van der Waals surface area contributed by atoms with Crippen LogP contribution in [0.2, 0.25) is 0 Å². The molecule has 2 aromatic rings. The van der Waals surface area contributed by atoms with Gasteiger partial charge in [0.2, 0.25) is 0 Å². The number of aromatic nitrogens is 4. The van der Waals surface area contributed by atoms with E-state index in [-0.39, 0.29) is 11.9 Å². The van der Waals surface area contributed by atoms with Gasteiger partial charge in [0.1, 0.15) is 0 Å². The van der Waals surface area contributed by atoms with Crippen LogP contribution in [0, 0.1) is 6.92 Å². The number of carbonyl (C=O) groups excluding carboxylic acids is 1. The number of benzene rings is 1. The minimum atomic E-state index is 0.0491. The van der Waals surface area contributed by atoms with Crippen molar-refractivity contribution < 1.29 is 4.79 Å². The Balaban J connectivity index is 1.22. The number of aryl methyl sites for hydroxylation is 1. The summed E-state index contributed by atoms with van der Waals surface area (Å²) in [5, 5.41) is 15.9. The van der Waals surface area contributed by atoms with E-state index in [2.05, 4.69) is 30.4 Å². The minimum Gasteiger partial charge on any atom is -0.349 e. The molecule has 1 aromatic carbocycles. The molecule has 2 saturated heterocycles. The Morgan fingerprint density at radius 3 is 2.41 bits per heavy atom. The average Bonchev–Trinajstić information content (AvgIpc) is 3.44. The molecule has 7 nitrogen and oxygen atoms in total. The van der Waals surface area contributed by atoms with Crippen molar-refractivity contribution in [2.24, 2.45) is 0 Å². The highest BCUT2D eigenvalue weighted by molar-refractivity contribution is 5.94. The summed E-state index contributed by atoms with van der Waals surface area (Å²) in [6, 6.07) is 9.56. The van der Waals surface area contributed by atoms with Crippen LogP contribution in [0.25, 0.3) is 0 Å². The Kier molecular flexibility index (Phi) is 5.08. The van der Waals surface area contributed by atoms with E-state index >= 15 is 0 Å². The second-order valence-corrected chi connectivity index (χ2v) is 9.04. The fourth-order valence-electron chi connectivity index (χ4n) is 5.54. The van der Waals surface area contributed by atoms with Crippen LogP contribution in [0.1, 0.15) is 79.2 Å². The van der Waals surface area contributed by atoms with Crippen molar-refractivity contribution in [3.05, 3.63) is 41.2 Å². The third-order valence-electron chi connectivity index (χ3n) is 7.09. The van der Waals surface area contributed by atoms with Gasteiger partial charge >= 0.3 is 0 Å². The average molecular weight is 395 g/mol. The van der Waals surface area contributed by atoms with Crippen LogP contribution >= 0.6 is 0 Å². The summed E-state index contributed by atoms with van der Waals surface area (Å²) in [4.78, 5) is 15.2. The van der Waals surface area contributed by atoms with Crippen LogP contribution in [0.5, 0.6) is 0 Å². The van der Waals surface area contributed by atoms with Crippen LogP contribution in [-0.2, 0) is 6.54 Å². The number of tetrazole rings is 1. The Morgan fingerprint density at radius 1 is 1.03 bits per heavy atom. The molecule has 0 spiro atoms. The van der Waals surface area contributed by atoms with E-state index in [9.17, 15) is 4.79 Å². The number of nitrogens with one attached hydrogen (secondary N) is 1. The predicted octanol–water partition coefficient (Wildman–Crippen LogP) is 3.02. The van der Waals surface area contributed by atoms with Gasteiger partial charge in [0.25, 0.3) is 5.91 Å². The van der Waals surface area contributed by atoms with E-state index in [1.165, 1.54) is 44.1 Å². The molecule has 3 aliphatic rings. The normalized spacial score (nSPS) is 27.4. The summed E-state index contributed by atoms with van der Waals surface area (Å²) < 4.78 is 2.08. The van der Waals surface area contributed by atoms with E-state index in [0.29, 0.717) is 18.1 Å². The molecule has 1 aliphatic carbocycles. The fraction of sp³-hybridized carbons (Fsp3) is 0.636. The van der Waals surface area contributed by atoms with Gasteiger partial charge in [-0.05, 0) is 68.0 Å². The molecule has 29 heavy (non-hydrogen) atoms. The Bertz CT molecular complexity index is 842. The van der Waals surface area contributed by atoms with E-state index in [4.69, 9.17) is 0 Å². The van der Waals surface area contributed by atoms with Gasteiger partial charge in [-0.25, -0.2) is 4.68 Å². The molecule has 0 unspecified atom stereocenters. The van der Waals surface area contributed by atoms with Gasteiger partial charge in [-0.3, -0.25) is 9.69 Å². The molecule has 1 aromatic heterocycles. The highest BCUT2D eigenvalue weighted by Crippen LogP contribution is 2.37. The lowest BCUT2D eigenvalue weighted by atomic mass is 9.96. The molecule has 3 heterocycles. The van der Waals surface area contributed by atoms with Gasteiger partial charge in [-0.2, -0.15) is 0 Å². The molecule has 1 saturated carbocycles. The number of hydrogen-bond donors (Lipinski definition) is 1. The smallest absolute Gasteiger partial charge is 0.251 e. The Morgan fingerprint density at radius 2 is 1.72 bits per heavy atom. The molecule has 2 bridgehead atoms. The monoisotopic (exact) mass is 394 g/mol. The number of piperidine rings is 1. The first-order valence-corrected chi connectivity index (χ1v) is 11.1. The van der Waals surface area contributed by atoms with Crippen molar-refractivity contribution in [2.45, 2.75) is 89.0 Å². The zero-order chi connectivity index (χ0) is 19.8. The van der Waals surface area contributed by atoms with E-state index < -0.39 is 0 Å². The lowest BCUT2D eigenvalue weighted by Crippen LogP contribution is -2.50. The van der Waals surface area contributed by atoms with E-state index in [1.54, 1.807) is 0 Å². The first-order chi connectivity index (χ1) is 14.2. The molecular weight excluding hydrogens is 364 g/mol. The quantitative estimate of drug-likeness (QED) is 0.844. The van der Waals surface area contributed by atoms with Crippen LogP contribution in [0.15, 0.2) is 24.3 Å². The first-order valence-electron chi connectivity index (χ1n) is 11.1. The van der Waals surface area contributed by atoms with Crippen LogP contribution < -0.4 is 5.32 Å². The number of amides is 1. The van der Waals surface area contributed by atoms with Gasteiger partial charge in [0.15, 0.2) is 5.82 Å². The number of fused-ring (bicyclic) bond motifs is 2. The van der Waals surface area contributed by atoms with Crippen molar-refractivity contribution in [1.29, 1.82) is 0 Å². The topological polar surface area (TPSA) is 75.9 Å². The maximum absolute atomic E-state index is 12.6. The Hall–Kier alpha value is -2.28. The van der Waals surface area contributed by atoms with Crippen molar-refractivity contribution in [3.8, 4) is 0 Å². The molecule has 1 N–H and O–H groups in total. The maximum Gasteiger partial charge on any atom is 0.251 e. The van der Waals surface area contributed by atoms with Crippen LogP contribution in [-0.4, -0.2) is 49.1 Å². The molecular formula is C22H30N6O. The summed E-state index contributed by atoms with van der Waals surface area (Å²) in [6.45, 7) is 2.87. The maximum atomic E-state index is 12.6. The van der Waals surface area contributed by atoms with Gasteiger partial charge < -0.3 is 5.32 Å². The van der Waals surface area contributed by atoms with Gasteiger partial charge in [-0.1, -0.05) is 30.5 Å². The predicted molar refractivity (Wildman–Crippen MR) is 109 cm³/mol. The SMILES string of the molecule is Cc1ccc(C(=O)NC2C[C@H]3CC[C@H](C2)N3Cc2nnnn2C2CCCC2)cc1. The third-order valence-corrected chi connectivity index (χ3v) is 7.09. The minimum absolute atomic E-state index is 0.0491. The number of carbonyl (C=O) groups is 1. The largest absolute Gasteiger partial charge is 0.349 e. The standard InChI is InChI=1S/C22H30N6O/c1-15-6-8-16(9-7-15)22(29)23-17-12-19-10-11-20(13-17)27(19)14-21-24-25-26-28(21)18-4-2-3-5-18/h6-9,17-20H,2-5,10-14H2,1H3,(H,23,29)/t19-,20-/m1/s1. The van der Waals surface area contributed by atoms with Crippen molar-refractivity contribution >= 4 is 5.91 Å². The van der Waals surface area contributed by atoms with Crippen molar-refractivity contribution in [2.75, 3.05) is 0 Å². The fourth-order valence-corrected chi connectivity index (χ4v) is 5.54. The van der Waals surface area contributed by atoms with Gasteiger partial charge in [-0.15, -0.1) is 5.10 Å². The summed E-state index contributed by atoms with van der Waals surface area (Å²) in [5.41, 5.74) is 1.92. The van der Waals surface area contributed by atoms with E-state index in [0.717, 1.165) is 30.8 Å². The summed E-state index contributed by atoms with van der Waals surface area (Å²) in [6.07, 6.45) is 9.37. The van der Waals surface area contributed by atoms with Gasteiger partial charge in [0, 0.05) is 23.7 Å². The number of hydrogen-bond acceptors (Lipinski definition) is 5. The van der Waals surface area contributed by atoms with Gasteiger partial charge in [0.05, 0.1) is 12.6 Å². The van der Waals surface area contributed by atoms with Crippen molar-refractivity contribution in [1.82, 2.24) is 30.4 Å². The lowest BCUT2D eigenvalue weighted by molar-refractivity contribution is 0.0813. The first kappa shape index (κ1) is 18.7. The second-order valence-electron chi connectivity index (χ2n) is 9.04. The third kappa shape index (κ3) is 3.80.